The summed E-state index contributed by atoms with van der Waals surface area (Å²) in [7, 11) is 0. The molecule has 3 rings (SSSR count). The van der Waals surface area contributed by atoms with Crippen LogP contribution >= 0.6 is 0 Å². The minimum atomic E-state index is -4.26. The average Bonchev–Trinajstić information content (AvgIpc) is 2.80. The van der Waals surface area contributed by atoms with Gasteiger partial charge in [-0.15, -0.1) is 0 Å². The fraction of sp³-hybridized carbons (Fsp3) is 0.529. The Morgan fingerprint density at radius 2 is 1.92 bits per heavy atom. The molecule has 0 aromatic heterocycles. The summed E-state index contributed by atoms with van der Waals surface area (Å²) in [6, 6.07) is 8.23. The number of piperidine rings is 1. The van der Waals surface area contributed by atoms with Gasteiger partial charge in [0, 0.05) is 6.54 Å². The number of rotatable bonds is 3. The van der Waals surface area contributed by atoms with E-state index < -0.39 is 29.6 Å². The van der Waals surface area contributed by atoms with Crippen LogP contribution in [0.15, 0.2) is 30.3 Å². The van der Waals surface area contributed by atoms with Gasteiger partial charge in [-0.1, -0.05) is 30.3 Å². The molecule has 2 atom stereocenters. The zero-order valence-corrected chi connectivity index (χ0v) is 13.8. The molecule has 2 fully saturated rings. The fourth-order valence-corrected chi connectivity index (χ4v) is 3.44. The Hall–Kier alpha value is -2.09. The van der Waals surface area contributed by atoms with Gasteiger partial charge in [-0.2, -0.15) is 13.2 Å². The summed E-state index contributed by atoms with van der Waals surface area (Å²) >= 11 is 0. The van der Waals surface area contributed by atoms with Gasteiger partial charge in [0.1, 0.15) is 5.54 Å². The van der Waals surface area contributed by atoms with Crippen molar-refractivity contribution in [2.24, 2.45) is 5.92 Å². The third kappa shape index (κ3) is 3.35. The molecule has 3 amide bonds. The third-order valence-corrected chi connectivity index (χ3v) is 4.94. The van der Waals surface area contributed by atoms with E-state index in [1.807, 2.05) is 0 Å². The van der Waals surface area contributed by atoms with E-state index in [1.165, 1.54) is 4.90 Å². The number of hydrogen-bond donors (Lipinski definition) is 1. The first-order valence-electron chi connectivity index (χ1n) is 8.20. The molecule has 1 N–H and O–H groups in total. The van der Waals surface area contributed by atoms with Crippen LogP contribution in [0, 0.1) is 5.92 Å². The maximum Gasteiger partial charge on any atom is 0.393 e. The van der Waals surface area contributed by atoms with Crippen LogP contribution in [0.5, 0.6) is 0 Å². The second-order valence-electron chi connectivity index (χ2n) is 6.75. The molecule has 25 heavy (non-hydrogen) atoms. The zero-order chi connectivity index (χ0) is 18.2. The van der Waals surface area contributed by atoms with Gasteiger partial charge in [-0.05, 0) is 31.9 Å². The topological polar surface area (TPSA) is 52.7 Å². The highest BCUT2D eigenvalue weighted by Crippen LogP contribution is 2.34. The number of imide groups is 1. The largest absolute Gasteiger partial charge is 0.393 e. The van der Waals surface area contributed by atoms with Crippen LogP contribution < -0.4 is 5.32 Å². The summed E-state index contributed by atoms with van der Waals surface area (Å²) in [5.74, 6) is -1.86. The van der Waals surface area contributed by atoms with Crippen molar-refractivity contribution in [3.05, 3.63) is 35.9 Å². The van der Waals surface area contributed by atoms with Crippen LogP contribution in [-0.2, 0) is 10.3 Å². The molecule has 2 saturated heterocycles. The molecular weight excluding hydrogens is 335 g/mol. The van der Waals surface area contributed by atoms with Gasteiger partial charge in [0.25, 0.3) is 5.91 Å². The number of hydrogen-bond acceptors (Lipinski definition) is 3. The highest BCUT2D eigenvalue weighted by Gasteiger charge is 2.50. The molecular formula is C17H20F3N3O2. The molecule has 0 bridgehead atoms. The fourth-order valence-electron chi connectivity index (χ4n) is 3.44. The number of carbonyl (C=O) groups excluding carboxylic acids is 2. The minimum Gasteiger partial charge on any atom is -0.319 e. The first-order chi connectivity index (χ1) is 11.7. The Morgan fingerprint density at radius 3 is 2.56 bits per heavy atom. The highest BCUT2D eigenvalue weighted by molar-refractivity contribution is 6.07. The summed E-state index contributed by atoms with van der Waals surface area (Å²) in [4.78, 5) is 27.6. The van der Waals surface area contributed by atoms with Crippen molar-refractivity contribution < 1.29 is 22.8 Å². The molecule has 2 aliphatic rings. The van der Waals surface area contributed by atoms with Crippen LogP contribution in [-0.4, -0.2) is 47.7 Å². The lowest BCUT2D eigenvalue weighted by Gasteiger charge is -2.35. The van der Waals surface area contributed by atoms with Gasteiger partial charge in [0.2, 0.25) is 0 Å². The summed E-state index contributed by atoms with van der Waals surface area (Å²) in [6.07, 6.45) is -3.78. The third-order valence-electron chi connectivity index (χ3n) is 4.94. The smallest absolute Gasteiger partial charge is 0.319 e. The molecule has 0 radical (unpaired) electrons. The van der Waals surface area contributed by atoms with Gasteiger partial charge >= 0.3 is 12.2 Å². The van der Waals surface area contributed by atoms with Gasteiger partial charge in [0.05, 0.1) is 12.6 Å². The molecule has 8 heteroatoms. The number of benzene rings is 1. The van der Waals surface area contributed by atoms with Crippen molar-refractivity contribution in [1.82, 2.24) is 15.1 Å². The van der Waals surface area contributed by atoms with Gasteiger partial charge in [-0.25, -0.2) is 9.69 Å². The van der Waals surface area contributed by atoms with Crippen LogP contribution in [0.3, 0.4) is 0 Å². The number of alkyl halides is 3. The van der Waals surface area contributed by atoms with Gasteiger partial charge < -0.3 is 5.32 Å². The van der Waals surface area contributed by atoms with E-state index in [0.717, 1.165) is 4.90 Å². The summed E-state index contributed by atoms with van der Waals surface area (Å²) in [6.45, 7) is 1.73. The van der Waals surface area contributed by atoms with Crippen LogP contribution in [0.2, 0.25) is 0 Å². The highest BCUT2D eigenvalue weighted by atomic mass is 19.4. The Labute approximate surface area is 143 Å². The standard InChI is InChI=1S/C17H20F3N3O2/c1-16(12-6-3-2-4-7-12)14(24)23(15(25)21-16)11-22-9-5-8-13(10-22)17(18,19)20/h2-4,6-7,13H,5,8-11H2,1H3,(H,21,25)/t13-,16-/m1/s1. The average molecular weight is 355 g/mol. The van der Waals surface area contributed by atoms with Crippen molar-refractivity contribution in [2.45, 2.75) is 31.5 Å². The second-order valence-corrected chi connectivity index (χ2v) is 6.75. The van der Waals surface area contributed by atoms with Crippen molar-refractivity contribution in [1.29, 1.82) is 0 Å². The van der Waals surface area contributed by atoms with E-state index in [9.17, 15) is 22.8 Å². The number of nitrogens with zero attached hydrogens (tertiary/aromatic N) is 2. The first-order valence-corrected chi connectivity index (χ1v) is 8.20. The maximum absolute atomic E-state index is 12.9. The Balaban J connectivity index is 1.73. The maximum atomic E-state index is 12.9. The lowest BCUT2D eigenvalue weighted by atomic mass is 9.92. The van der Waals surface area contributed by atoms with E-state index in [1.54, 1.807) is 37.3 Å². The van der Waals surface area contributed by atoms with E-state index >= 15 is 0 Å². The second kappa shape index (κ2) is 6.33. The summed E-state index contributed by atoms with van der Waals surface area (Å²) in [5.41, 5.74) is -0.556. The number of nitrogens with one attached hydrogen (secondary N) is 1. The summed E-state index contributed by atoms with van der Waals surface area (Å²) < 4.78 is 38.8. The number of carbonyl (C=O) groups is 2. The van der Waals surface area contributed by atoms with Crippen molar-refractivity contribution in [2.75, 3.05) is 19.8 Å². The molecule has 0 aliphatic carbocycles. The normalized spacial score (nSPS) is 28.3. The molecule has 5 nitrogen and oxygen atoms in total. The monoisotopic (exact) mass is 355 g/mol. The predicted octanol–water partition coefficient (Wildman–Crippen LogP) is 2.69. The molecule has 1 aromatic carbocycles. The number of amides is 3. The molecule has 0 saturated carbocycles. The Morgan fingerprint density at radius 1 is 1.24 bits per heavy atom. The van der Waals surface area contributed by atoms with Crippen molar-refractivity contribution in [3.63, 3.8) is 0 Å². The summed E-state index contributed by atoms with van der Waals surface area (Å²) in [5, 5.41) is 2.67. The lowest BCUT2D eigenvalue weighted by molar-refractivity contribution is -0.187. The van der Waals surface area contributed by atoms with E-state index in [0.29, 0.717) is 18.5 Å². The molecule has 2 heterocycles. The number of urea groups is 1. The van der Waals surface area contributed by atoms with Gasteiger partial charge in [0.15, 0.2) is 0 Å². The predicted molar refractivity (Wildman–Crippen MR) is 84.4 cm³/mol. The molecule has 1 aromatic rings. The Bertz CT molecular complexity index is 665. The lowest BCUT2D eigenvalue weighted by Crippen LogP contribution is -2.48. The van der Waals surface area contributed by atoms with E-state index in [4.69, 9.17) is 0 Å². The Kier molecular flexibility index (Phi) is 4.49. The SMILES string of the molecule is C[C@]1(c2ccccc2)NC(=O)N(CN2CCC[C@@H](C(F)(F)F)C2)C1=O. The van der Waals surface area contributed by atoms with Crippen LogP contribution in [0.1, 0.15) is 25.3 Å². The van der Waals surface area contributed by atoms with Crippen molar-refractivity contribution >= 4 is 11.9 Å². The molecule has 0 unspecified atom stereocenters. The number of likely N-dealkylation sites (tertiary alicyclic amines) is 1. The van der Waals surface area contributed by atoms with E-state index in [2.05, 4.69) is 5.32 Å². The zero-order valence-electron chi connectivity index (χ0n) is 13.8. The molecule has 2 aliphatic heterocycles. The quantitative estimate of drug-likeness (QED) is 0.849. The molecule has 136 valence electrons. The van der Waals surface area contributed by atoms with Crippen LogP contribution in [0.25, 0.3) is 0 Å². The van der Waals surface area contributed by atoms with E-state index in [-0.39, 0.29) is 19.6 Å². The first kappa shape index (κ1) is 17.7. The van der Waals surface area contributed by atoms with Crippen molar-refractivity contribution in [3.8, 4) is 0 Å². The minimum absolute atomic E-state index is 0.0852. The number of halogens is 3. The molecule has 0 spiro atoms. The van der Waals surface area contributed by atoms with Crippen LogP contribution in [0.4, 0.5) is 18.0 Å². The van der Waals surface area contributed by atoms with Gasteiger partial charge in [-0.3, -0.25) is 9.69 Å².